The van der Waals surface area contributed by atoms with Crippen molar-refractivity contribution in [3.05, 3.63) is 65.3 Å². The van der Waals surface area contributed by atoms with E-state index in [9.17, 15) is 9.59 Å². The Labute approximate surface area is 244 Å². The Bertz CT molecular complexity index is 1520. The lowest BCUT2D eigenvalue weighted by Gasteiger charge is -2.30. The third-order valence-corrected chi connectivity index (χ3v) is 7.39. The smallest absolute Gasteiger partial charge is 0.250 e. The summed E-state index contributed by atoms with van der Waals surface area (Å²) in [4.78, 5) is 30.5. The van der Waals surface area contributed by atoms with E-state index < -0.39 is 6.04 Å². The molecule has 1 atom stereocenters. The van der Waals surface area contributed by atoms with E-state index in [2.05, 4.69) is 20.7 Å². The highest BCUT2D eigenvalue weighted by Gasteiger charge is 2.35. The number of furan rings is 2. The molecule has 3 heterocycles. The van der Waals surface area contributed by atoms with Crippen LogP contribution in [0.2, 0.25) is 0 Å². The minimum absolute atomic E-state index is 0.0650. The van der Waals surface area contributed by atoms with E-state index in [1.54, 1.807) is 38.5 Å². The van der Waals surface area contributed by atoms with Crippen LogP contribution in [-0.4, -0.2) is 63.7 Å². The van der Waals surface area contributed by atoms with Gasteiger partial charge in [0, 0.05) is 12.6 Å². The van der Waals surface area contributed by atoms with Gasteiger partial charge in [-0.2, -0.15) is 4.80 Å². The van der Waals surface area contributed by atoms with E-state index >= 15 is 0 Å². The van der Waals surface area contributed by atoms with Crippen molar-refractivity contribution in [3.8, 4) is 23.1 Å². The van der Waals surface area contributed by atoms with Gasteiger partial charge in [0.2, 0.25) is 11.7 Å². The zero-order chi connectivity index (χ0) is 29.6. The summed E-state index contributed by atoms with van der Waals surface area (Å²) in [5.74, 6) is 3.01. The highest BCUT2D eigenvalue weighted by molar-refractivity contribution is 5.88. The summed E-state index contributed by atoms with van der Waals surface area (Å²) in [5, 5.41) is 15.6. The van der Waals surface area contributed by atoms with Crippen LogP contribution < -0.4 is 14.8 Å². The van der Waals surface area contributed by atoms with Crippen molar-refractivity contribution in [2.75, 3.05) is 20.8 Å². The number of nitrogens with zero attached hydrogens (tertiary/aromatic N) is 5. The molecule has 0 bridgehead atoms. The average molecular weight is 577 g/mol. The molecule has 1 saturated carbocycles. The number of ether oxygens (including phenoxy) is 2. The monoisotopic (exact) mass is 576 g/mol. The molecule has 0 aliphatic heterocycles. The van der Waals surface area contributed by atoms with Crippen molar-refractivity contribution in [3.63, 3.8) is 0 Å². The Morgan fingerprint density at radius 1 is 1.02 bits per heavy atom. The quantitative estimate of drug-likeness (QED) is 0.265. The maximum absolute atomic E-state index is 14.0. The third-order valence-electron chi connectivity index (χ3n) is 7.39. The first kappa shape index (κ1) is 28.9. The van der Waals surface area contributed by atoms with Crippen LogP contribution in [0, 0.1) is 13.8 Å². The molecule has 42 heavy (non-hydrogen) atoms. The van der Waals surface area contributed by atoms with E-state index in [1.807, 2.05) is 32.0 Å². The number of aromatic nitrogens is 4. The fourth-order valence-electron chi connectivity index (χ4n) is 5.23. The summed E-state index contributed by atoms with van der Waals surface area (Å²) in [7, 11) is 3.15. The first-order valence-corrected chi connectivity index (χ1v) is 14.1. The molecule has 1 aliphatic carbocycles. The van der Waals surface area contributed by atoms with Crippen LogP contribution in [0.3, 0.4) is 0 Å². The molecule has 0 saturated heterocycles. The molecule has 222 valence electrons. The van der Waals surface area contributed by atoms with Crippen LogP contribution in [0.15, 0.2) is 51.3 Å². The number of benzene rings is 1. The number of hydrogen-bond acceptors (Lipinski definition) is 9. The lowest BCUT2D eigenvalue weighted by atomic mass is 10.1. The Hall–Kier alpha value is -4.61. The SMILES string of the molecule is COc1ccc(CCN(C(=O)Cn2nnc(-c3ccc(C)o3)n2)C(C(=O)NC2CCCC2)c2ccc(C)o2)cc1OC. The number of carbonyl (C=O) groups excluding carboxylic acids is 2. The lowest BCUT2D eigenvalue weighted by Crippen LogP contribution is -2.47. The van der Waals surface area contributed by atoms with E-state index in [-0.39, 0.29) is 36.8 Å². The largest absolute Gasteiger partial charge is 0.493 e. The molecular formula is C30H36N6O6. The summed E-state index contributed by atoms with van der Waals surface area (Å²) in [5.41, 5.74) is 0.908. The molecule has 3 aromatic heterocycles. The Morgan fingerprint density at radius 3 is 2.43 bits per heavy atom. The van der Waals surface area contributed by atoms with Crippen LogP contribution in [0.1, 0.15) is 54.6 Å². The maximum atomic E-state index is 14.0. The molecule has 12 heteroatoms. The molecule has 0 radical (unpaired) electrons. The Balaban J connectivity index is 1.44. The van der Waals surface area contributed by atoms with Crippen molar-refractivity contribution in [1.29, 1.82) is 0 Å². The van der Waals surface area contributed by atoms with E-state index in [1.165, 1.54) is 9.70 Å². The number of rotatable bonds is 12. The predicted octanol–water partition coefficient (Wildman–Crippen LogP) is 4.03. The number of methoxy groups -OCH3 is 2. The number of aryl methyl sites for hydroxylation is 2. The number of amides is 2. The fourth-order valence-corrected chi connectivity index (χ4v) is 5.23. The van der Waals surface area contributed by atoms with Gasteiger partial charge in [-0.15, -0.1) is 10.2 Å². The first-order valence-electron chi connectivity index (χ1n) is 14.1. The molecule has 0 spiro atoms. The van der Waals surface area contributed by atoms with Crippen LogP contribution in [0.5, 0.6) is 11.5 Å². The van der Waals surface area contributed by atoms with Gasteiger partial charge < -0.3 is 28.5 Å². The number of hydrogen-bond donors (Lipinski definition) is 1. The van der Waals surface area contributed by atoms with Crippen molar-refractivity contribution in [2.24, 2.45) is 0 Å². The van der Waals surface area contributed by atoms with E-state index in [0.717, 1.165) is 31.2 Å². The fraction of sp³-hybridized carbons (Fsp3) is 0.433. The van der Waals surface area contributed by atoms with Crippen LogP contribution in [0.4, 0.5) is 0 Å². The summed E-state index contributed by atoms with van der Waals surface area (Å²) >= 11 is 0. The maximum Gasteiger partial charge on any atom is 0.250 e. The molecule has 1 unspecified atom stereocenters. The standard InChI is InChI=1S/C30H36N6O6/c1-19-9-12-24(41-19)28(30(38)31-22-7-5-6-8-22)35(16-15-21-11-14-23(39-3)26(17-21)40-4)27(37)18-36-33-29(32-34-36)25-13-10-20(2)42-25/h9-14,17,22,28H,5-8,15-16,18H2,1-4H3,(H,31,38). The van der Waals surface area contributed by atoms with Gasteiger partial charge in [0.15, 0.2) is 23.3 Å². The molecule has 1 N–H and O–H groups in total. The Morgan fingerprint density at radius 2 is 1.76 bits per heavy atom. The second-order valence-electron chi connectivity index (χ2n) is 10.4. The Kier molecular flexibility index (Phi) is 8.89. The molecule has 1 aromatic carbocycles. The van der Waals surface area contributed by atoms with Gasteiger partial charge in [-0.25, -0.2) is 0 Å². The van der Waals surface area contributed by atoms with Crippen molar-refractivity contribution < 1.29 is 27.9 Å². The third kappa shape index (κ3) is 6.64. The van der Waals surface area contributed by atoms with Crippen molar-refractivity contribution >= 4 is 11.8 Å². The van der Waals surface area contributed by atoms with Crippen LogP contribution >= 0.6 is 0 Å². The normalized spacial score (nSPS) is 14.1. The number of tetrazole rings is 1. The average Bonchev–Trinajstić information content (AvgIpc) is 3.80. The van der Waals surface area contributed by atoms with Crippen LogP contribution in [-0.2, 0) is 22.6 Å². The van der Waals surface area contributed by atoms with Gasteiger partial charge >= 0.3 is 0 Å². The highest BCUT2D eigenvalue weighted by Crippen LogP contribution is 2.30. The van der Waals surface area contributed by atoms with Gasteiger partial charge in [-0.1, -0.05) is 18.9 Å². The van der Waals surface area contributed by atoms with Crippen molar-refractivity contribution in [2.45, 2.75) is 64.6 Å². The van der Waals surface area contributed by atoms with Gasteiger partial charge in [-0.05, 0) is 80.3 Å². The van der Waals surface area contributed by atoms with Gasteiger partial charge in [0.1, 0.15) is 23.8 Å². The zero-order valence-electron chi connectivity index (χ0n) is 24.3. The van der Waals surface area contributed by atoms with E-state index in [4.69, 9.17) is 18.3 Å². The molecule has 1 fully saturated rings. The molecule has 2 amide bonds. The van der Waals surface area contributed by atoms with Crippen molar-refractivity contribution in [1.82, 2.24) is 30.4 Å². The lowest BCUT2D eigenvalue weighted by molar-refractivity contribution is -0.142. The second-order valence-corrected chi connectivity index (χ2v) is 10.4. The minimum Gasteiger partial charge on any atom is -0.493 e. The zero-order valence-corrected chi connectivity index (χ0v) is 24.3. The van der Waals surface area contributed by atoms with E-state index in [0.29, 0.717) is 41.0 Å². The van der Waals surface area contributed by atoms with Crippen LogP contribution in [0.25, 0.3) is 11.6 Å². The first-order chi connectivity index (χ1) is 20.3. The van der Waals surface area contributed by atoms with Gasteiger partial charge in [0.05, 0.1) is 14.2 Å². The summed E-state index contributed by atoms with van der Waals surface area (Å²) in [6.45, 7) is 3.62. The number of carbonyl (C=O) groups is 2. The second kappa shape index (κ2) is 12.9. The summed E-state index contributed by atoms with van der Waals surface area (Å²) in [6, 6.07) is 11.8. The molecule has 5 rings (SSSR count). The highest BCUT2D eigenvalue weighted by atomic mass is 16.5. The molecule has 4 aromatic rings. The van der Waals surface area contributed by atoms with Gasteiger partial charge in [0.25, 0.3) is 5.91 Å². The predicted molar refractivity (Wildman–Crippen MR) is 152 cm³/mol. The molecular weight excluding hydrogens is 540 g/mol. The minimum atomic E-state index is -0.984. The van der Waals surface area contributed by atoms with Gasteiger partial charge in [-0.3, -0.25) is 9.59 Å². The number of nitrogens with one attached hydrogen (secondary N) is 1. The summed E-state index contributed by atoms with van der Waals surface area (Å²) < 4.78 is 22.4. The molecule has 12 nitrogen and oxygen atoms in total. The summed E-state index contributed by atoms with van der Waals surface area (Å²) in [6.07, 6.45) is 4.39. The molecule has 1 aliphatic rings. The topological polar surface area (TPSA) is 138 Å².